The quantitative estimate of drug-likeness (QED) is 0.540. The van der Waals surface area contributed by atoms with Crippen LogP contribution in [0, 0.1) is 6.42 Å². The lowest BCUT2D eigenvalue weighted by Gasteiger charge is -2.09. The number of cyclic esters (lactones) is 1. The molecule has 0 saturated carbocycles. The summed E-state index contributed by atoms with van der Waals surface area (Å²) in [6, 6.07) is 0. The first-order chi connectivity index (χ1) is 4.99. The van der Waals surface area contributed by atoms with Crippen LogP contribution in [0.3, 0.4) is 0 Å². The van der Waals surface area contributed by atoms with E-state index in [9.17, 15) is 18.0 Å². The van der Waals surface area contributed by atoms with Crippen LogP contribution in [-0.4, -0.2) is 25.0 Å². The third-order valence-electron chi connectivity index (χ3n) is 1.03. The molecule has 1 atom stereocenters. The van der Waals surface area contributed by atoms with E-state index < -0.39 is 18.4 Å². The number of carbonyl (C=O) groups excluding carboxylic acids is 1. The summed E-state index contributed by atoms with van der Waals surface area (Å²) in [7, 11) is 0. The van der Waals surface area contributed by atoms with Gasteiger partial charge in [0.1, 0.15) is 0 Å². The number of hydrogen-bond donors (Lipinski definition) is 0. The molecule has 0 amide bonds. The fraction of sp³-hybridized carbons (Fsp3) is 0.600. The second-order valence-corrected chi connectivity index (χ2v) is 1.85. The van der Waals surface area contributed by atoms with Gasteiger partial charge in [0.25, 0.3) is 0 Å². The second kappa shape index (κ2) is 2.69. The monoisotopic (exact) mass is 169 g/mol. The van der Waals surface area contributed by atoms with Crippen molar-refractivity contribution < 1.29 is 27.4 Å². The molecule has 63 valence electrons. The number of rotatable bonds is 1. The molecule has 1 rings (SSSR count). The van der Waals surface area contributed by atoms with Crippen LogP contribution in [0.2, 0.25) is 0 Å². The van der Waals surface area contributed by atoms with Gasteiger partial charge in [-0.3, -0.25) is 4.74 Å². The average molecular weight is 169 g/mol. The van der Waals surface area contributed by atoms with E-state index in [0.717, 1.165) is 6.42 Å². The average Bonchev–Trinajstić information content (AvgIpc) is 2.12. The third-order valence-corrected chi connectivity index (χ3v) is 1.03. The fourth-order valence-electron chi connectivity index (χ4n) is 0.636. The summed E-state index contributed by atoms with van der Waals surface area (Å²) in [5, 5.41) is 0. The van der Waals surface area contributed by atoms with E-state index >= 15 is 0 Å². The Balaban J connectivity index is 2.43. The molecule has 1 heterocycles. The minimum atomic E-state index is -4.79. The molecule has 0 aromatic rings. The maximum absolute atomic E-state index is 11.4. The lowest BCUT2D eigenvalue weighted by Crippen LogP contribution is -2.27. The maximum atomic E-state index is 11.4. The van der Waals surface area contributed by atoms with Crippen LogP contribution in [0.5, 0.6) is 0 Å². The van der Waals surface area contributed by atoms with Crippen molar-refractivity contribution in [3.63, 3.8) is 0 Å². The van der Waals surface area contributed by atoms with Gasteiger partial charge in [0.15, 0.2) is 6.10 Å². The Hall–Kier alpha value is -0.780. The highest BCUT2D eigenvalue weighted by molar-refractivity contribution is 5.78. The zero-order valence-electron chi connectivity index (χ0n) is 5.22. The van der Waals surface area contributed by atoms with Gasteiger partial charge in [-0.05, 0) is 0 Å². The lowest BCUT2D eigenvalue weighted by atomic mass is 10.3. The van der Waals surface area contributed by atoms with Gasteiger partial charge in [-0.15, -0.1) is 13.2 Å². The first-order valence-electron chi connectivity index (χ1n) is 2.73. The molecule has 0 aromatic heterocycles. The maximum Gasteiger partial charge on any atom is 0.523 e. The summed E-state index contributed by atoms with van der Waals surface area (Å²) in [4.78, 5) is 10.4. The minimum absolute atomic E-state index is 0.125. The van der Waals surface area contributed by atoms with E-state index in [1.807, 2.05) is 0 Å². The Bertz CT molecular complexity index is 165. The van der Waals surface area contributed by atoms with Crippen LogP contribution in [-0.2, 0) is 14.3 Å². The Morgan fingerprint density at radius 2 is 2.27 bits per heavy atom. The van der Waals surface area contributed by atoms with Gasteiger partial charge in [0.05, 0.1) is 6.61 Å². The molecule has 1 aliphatic heterocycles. The number of alkyl halides is 3. The van der Waals surface area contributed by atoms with Gasteiger partial charge >= 0.3 is 12.3 Å². The van der Waals surface area contributed by atoms with Crippen molar-refractivity contribution in [2.24, 2.45) is 0 Å². The summed E-state index contributed by atoms with van der Waals surface area (Å²) in [5.74, 6) is -0.998. The Morgan fingerprint density at radius 3 is 2.64 bits per heavy atom. The van der Waals surface area contributed by atoms with Crippen LogP contribution in [0.1, 0.15) is 0 Å². The van der Waals surface area contributed by atoms with Crippen LogP contribution < -0.4 is 0 Å². The fourth-order valence-corrected chi connectivity index (χ4v) is 0.636. The number of halogens is 3. The van der Waals surface area contributed by atoms with E-state index in [-0.39, 0.29) is 6.61 Å². The van der Waals surface area contributed by atoms with Crippen molar-refractivity contribution in [1.29, 1.82) is 0 Å². The van der Waals surface area contributed by atoms with Crippen LogP contribution in [0.15, 0.2) is 0 Å². The largest absolute Gasteiger partial charge is 0.523 e. The van der Waals surface area contributed by atoms with Gasteiger partial charge in [-0.2, -0.15) is 0 Å². The number of hydrogen-bond acceptors (Lipinski definition) is 3. The molecule has 0 spiro atoms. The Morgan fingerprint density at radius 1 is 1.64 bits per heavy atom. The molecule has 1 saturated heterocycles. The summed E-state index contributed by atoms with van der Waals surface area (Å²) in [5.41, 5.74) is 0. The van der Waals surface area contributed by atoms with E-state index in [1.54, 1.807) is 0 Å². The molecule has 1 radical (unpaired) electrons. The van der Waals surface area contributed by atoms with Gasteiger partial charge < -0.3 is 4.74 Å². The molecular formula is C5H4F3O3. The summed E-state index contributed by atoms with van der Waals surface area (Å²) in [6.45, 7) is -0.125. The first kappa shape index (κ1) is 8.32. The highest BCUT2D eigenvalue weighted by Gasteiger charge is 2.40. The van der Waals surface area contributed by atoms with Crippen molar-refractivity contribution in [3.8, 4) is 0 Å². The third kappa shape index (κ3) is 2.38. The van der Waals surface area contributed by atoms with Crippen LogP contribution in [0.4, 0.5) is 13.2 Å². The SMILES string of the molecule is O=C1OC[CH]C1OC(F)(F)F. The number of carbonyl (C=O) groups is 1. The van der Waals surface area contributed by atoms with Crippen molar-refractivity contribution in [3.05, 3.63) is 6.42 Å². The minimum Gasteiger partial charge on any atom is -0.463 e. The standard InChI is InChI=1S/C5H4F3O3/c6-5(7,8)11-3-1-2-10-4(3)9/h1,3H,2H2. The predicted octanol–water partition coefficient (Wildman–Crippen LogP) is 0.652. The van der Waals surface area contributed by atoms with Gasteiger partial charge in [-0.25, -0.2) is 4.79 Å². The summed E-state index contributed by atoms with van der Waals surface area (Å²) in [6.07, 6.45) is -5.37. The molecule has 0 bridgehead atoms. The van der Waals surface area contributed by atoms with Crippen molar-refractivity contribution in [2.75, 3.05) is 6.61 Å². The molecule has 11 heavy (non-hydrogen) atoms. The van der Waals surface area contributed by atoms with Gasteiger partial charge in [0.2, 0.25) is 0 Å². The molecular weight excluding hydrogens is 165 g/mol. The summed E-state index contributed by atoms with van der Waals surface area (Å²) >= 11 is 0. The van der Waals surface area contributed by atoms with Crippen LogP contribution in [0.25, 0.3) is 0 Å². The molecule has 6 heteroatoms. The molecule has 0 aromatic carbocycles. The summed E-state index contributed by atoms with van der Waals surface area (Å²) < 4.78 is 41.9. The molecule has 1 fully saturated rings. The zero-order chi connectivity index (χ0) is 8.48. The number of ether oxygens (including phenoxy) is 2. The van der Waals surface area contributed by atoms with E-state index in [4.69, 9.17) is 0 Å². The van der Waals surface area contributed by atoms with Gasteiger partial charge in [0, 0.05) is 6.42 Å². The first-order valence-corrected chi connectivity index (χ1v) is 2.73. The topological polar surface area (TPSA) is 35.5 Å². The number of esters is 1. The Labute approximate surface area is 60.1 Å². The smallest absolute Gasteiger partial charge is 0.463 e. The molecule has 3 nitrogen and oxygen atoms in total. The highest BCUT2D eigenvalue weighted by atomic mass is 19.4. The normalized spacial score (nSPS) is 25.4. The molecule has 1 unspecified atom stereocenters. The Kier molecular flexibility index (Phi) is 2.03. The lowest BCUT2D eigenvalue weighted by molar-refractivity contribution is -0.333. The van der Waals surface area contributed by atoms with Gasteiger partial charge in [-0.1, -0.05) is 0 Å². The molecule has 1 aliphatic rings. The van der Waals surface area contributed by atoms with Crippen molar-refractivity contribution in [2.45, 2.75) is 12.5 Å². The van der Waals surface area contributed by atoms with E-state index in [0.29, 0.717) is 0 Å². The van der Waals surface area contributed by atoms with Crippen molar-refractivity contribution in [1.82, 2.24) is 0 Å². The predicted molar refractivity (Wildman–Crippen MR) is 26.2 cm³/mol. The van der Waals surface area contributed by atoms with Crippen molar-refractivity contribution >= 4 is 5.97 Å². The van der Waals surface area contributed by atoms with Crippen LogP contribution >= 0.6 is 0 Å². The van der Waals surface area contributed by atoms with E-state index in [1.165, 1.54) is 0 Å². The highest BCUT2D eigenvalue weighted by Crippen LogP contribution is 2.22. The molecule has 0 aliphatic carbocycles. The van der Waals surface area contributed by atoms with E-state index in [2.05, 4.69) is 9.47 Å². The zero-order valence-corrected chi connectivity index (χ0v) is 5.22. The molecule has 0 N–H and O–H groups in total. The second-order valence-electron chi connectivity index (χ2n) is 1.85.